The highest BCUT2D eigenvalue weighted by Gasteiger charge is 2.32. The topological polar surface area (TPSA) is 75.5 Å². The molecule has 1 amide bonds. The SMILES string of the molecule is COCCN(C)c1ccc(CNC2CCN(c3cnn(C)c3)C2=O)cn1. The standard InChI is InChI=1S/C18H26N6O2/c1-22(8-9-26-3)17-5-4-14(11-20-17)10-19-16-6-7-24(18(16)25)15-12-21-23(2)13-15/h4-5,11-13,16,19H,6-10H2,1-3H3. The van der Waals surface area contributed by atoms with Crippen LogP contribution < -0.4 is 15.1 Å². The van der Waals surface area contributed by atoms with Crippen molar-refractivity contribution in [3.05, 3.63) is 36.3 Å². The third kappa shape index (κ3) is 4.20. The average Bonchev–Trinajstić information content (AvgIpc) is 3.24. The number of aromatic nitrogens is 3. The van der Waals surface area contributed by atoms with Crippen molar-refractivity contribution in [3.8, 4) is 0 Å². The van der Waals surface area contributed by atoms with Gasteiger partial charge in [0.25, 0.3) is 0 Å². The predicted molar refractivity (Wildman–Crippen MR) is 100 cm³/mol. The van der Waals surface area contributed by atoms with Gasteiger partial charge >= 0.3 is 0 Å². The number of ether oxygens (including phenoxy) is 1. The zero-order chi connectivity index (χ0) is 18.5. The lowest BCUT2D eigenvalue weighted by Gasteiger charge is -2.18. The number of nitrogens with one attached hydrogen (secondary N) is 1. The molecule has 2 aromatic heterocycles. The number of likely N-dealkylation sites (N-methyl/N-ethyl adjacent to an activating group) is 1. The van der Waals surface area contributed by atoms with E-state index in [4.69, 9.17) is 4.74 Å². The molecule has 0 aromatic carbocycles. The van der Waals surface area contributed by atoms with Crippen LogP contribution in [0.25, 0.3) is 0 Å². The number of hydrogen-bond donors (Lipinski definition) is 1. The van der Waals surface area contributed by atoms with Gasteiger partial charge in [-0.3, -0.25) is 9.48 Å². The van der Waals surface area contributed by atoms with Crippen LogP contribution in [0.3, 0.4) is 0 Å². The molecule has 0 radical (unpaired) electrons. The second-order valence-electron chi connectivity index (χ2n) is 6.52. The van der Waals surface area contributed by atoms with Crippen molar-refractivity contribution in [2.24, 2.45) is 7.05 Å². The third-order valence-electron chi connectivity index (χ3n) is 4.59. The Morgan fingerprint density at radius 2 is 2.23 bits per heavy atom. The Morgan fingerprint density at radius 1 is 1.38 bits per heavy atom. The van der Waals surface area contributed by atoms with E-state index in [0.717, 1.165) is 30.0 Å². The Morgan fingerprint density at radius 3 is 2.88 bits per heavy atom. The van der Waals surface area contributed by atoms with E-state index in [2.05, 4.69) is 15.4 Å². The normalized spacial score (nSPS) is 17.1. The average molecular weight is 358 g/mol. The largest absolute Gasteiger partial charge is 0.383 e. The lowest BCUT2D eigenvalue weighted by Crippen LogP contribution is -2.37. The van der Waals surface area contributed by atoms with Crippen molar-refractivity contribution in [2.45, 2.75) is 19.0 Å². The first-order valence-electron chi connectivity index (χ1n) is 8.77. The molecule has 1 aliphatic heterocycles. The Bertz CT molecular complexity index is 730. The Kier molecular flexibility index (Phi) is 5.85. The molecule has 3 rings (SSSR count). The molecule has 1 unspecified atom stereocenters. The molecule has 8 heteroatoms. The summed E-state index contributed by atoms with van der Waals surface area (Å²) in [5.74, 6) is 1.01. The number of methoxy groups -OCH3 is 1. The maximum Gasteiger partial charge on any atom is 0.244 e. The summed E-state index contributed by atoms with van der Waals surface area (Å²) in [5, 5.41) is 7.48. The first kappa shape index (κ1) is 18.3. The van der Waals surface area contributed by atoms with Crippen LogP contribution >= 0.6 is 0 Å². The second-order valence-corrected chi connectivity index (χ2v) is 6.52. The van der Waals surface area contributed by atoms with Crippen LogP contribution in [0.4, 0.5) is 11.5 Å². The van der Waals surface area contributed by atoms with Gasteiger partial charge in [-0.15, -0.1) is 0 Å². The van der Waals surface area contributed by atoms with E-state index < -0.39 is 0 Å². The Labute approximate surface area is 153 Å². The number of hydrogen-bond acceptors (Lipinski definition) is 6. The zero-order valence-electron chi connectivity index (χ0n) is 15.6. The van der Waals surface area contributed by atoms with Crippen LogP contribution in [0.1, 0.15) is 12.0 Å². The second kappa shape index (κ2) is 8.29. The van der Waals surface area contributed by atoms with Gasteiger partial charge in [0, 0.05) is 53.2 Å². The fraction of sp³-hybridized carbons (Fsp3) is 0.500. The molecule has 0 bridgehead atoms. The van der Waals surface area contributed by atoms with Crippen LogP contribution in [-0.2, 0) is 23.1 Å². The van der Waals surface area contributed by atoms with Crippen molar-refractivity contribution in [2.75, 3.05) is 43.7 Å². The van der Waals surface area contributed by atoms with E-state index in [1.807, 2.05) is 43.5 Å². The van der Waals surface area contributed by atoms with Gasteiger partial charge in [0.15, 0.2) is 0 Å². The molecule has 1 aliphatic rings. The maximum absolute atomic E-state index is 12.6. The highest BCUT2D eigenvalue weighted by molar-refractivity contribution is 5.99. The van der Waals surface area contributed by atoms with Crippen LogP contribution in [0.5, 0.6) is 0 Å². The summed E-state index contributed by atoms with van der Waals surface area (Å²) in [6, 6.07) is 3.86. The van der Waals surface area contributed by atoms with E-state index in [1.165, 1.54) is 0 Å². The van der Waals surface area contributed by atoms with E-state index in [1.54, 1.807) is 22.9 Å². The van der Waals surface area contributed by atoms with Gasteiger partial charge in [-0.05, 0) is 18.1 Å². The van der Waals surface area contributed by atoms with Crippen LogP contribution in [0.2, 0.25) is 0 Å². The number of amides is 1. The minimum atomic E-state index is -0.167. The van der Waals surface area contributed by atoms with Gasteiger partial charge in [0.1, 0.15) is 5.82 Å². The number of nitrogens with zero attached hydrogens (tertiary/aromatic N) is 5. The number of rotatable bonds is 8. The van der Waals surface area contributed by atoms with Gasteiger partial charge in [-0.25, -0.2) is 4.98 Å². The molecular weight excluding hydrogens is 332 g/mol. The Hall–Kier alpha value is -2.45. The summed E-state index contributed by atoms with van der Waals surface area (Å²) in [5.41, 5.74) is 1.91. The molecule has 1 atom stereocenters. The smallest absolute Gasteiger partial charge is 0.244 e. The summed E-state index contributed by atoms with van der Waals surface area (Å²) in [6.07, 6.45) is 6.23. The fourth-order valence-corrected chi connectivity index (χ4v) is 3.00. The fourth-order valence-electron chi connectivity index (χ4n) is 3.00. The summed E-state index contributed by atoms with van der Waals surface area (Å²) >= 11 is 0. The van der Waals surface area contributed by atoms with Crippen molar-refractivity contribution in [1.29, 1.82) is 0 Å². The summed E-state index contributed by atoms with van der Waals surface area (Å²) in [4.78, 5) is 20.9. The molecule has 0 saturated carbocycles. The highest BCUT2D eigenvalue weighted by atomic mass is 16.5. The molecule has 2 aromatic rings. The predicted octanol–water partition coefficient (Wildman–Crippen LogP) is 0.793. The molecule has 8 nitrogen and oxygen atoms in total. The monoisotopic (exact) mass is 358 g/mol. The van der Waals surface area contributed by atoms with E-state index in [-0.39, 0.29) is 11.9 Å². The molecular formula is C18H26N6O2. The maximum atomic E-state index is 12.6. The van der Waals surface area contributed by atoms with Crippen molar-refractivity contribution in [3.63, 3.8) is 0 Å². The van der Waals surface area contributed by atoms with E-state index in [0.29, 0.717) is 19.7 Å². The van der Waals surface area contributed by atoms with E-state index in [9.17, 15) is 4.79 Å². The lowest BCUT2D eigenvalue weighted by molar-refractivity contribution is -0.118. The minimum Gasteiger partial charge on any atom is -0.383 e. The molecule has 1 saturated heterocycles. The first-order valence-corrected chi connectivity index (χ1v) is 8.77. The van der Waals surface area contributed by atoms with Gasteiger partial charge in [-0.2, -0.15) is 5.10 Å². The van der Waals surface area contributed by atoms with Gasteiger partial charge in [0.05, 0.1) is 24.5 Å². The quantitative estimate of drug-likeness (QED) is 0.752. The molecule has 26 heavy (non-hydrogen) atoms. The first-order chi connectivity index (χ1) is 12.6. The van der Waals surface area contributed by atoms with Gasteiger partial charge in [0.2, 0.25) is 5.91 Å². The van der Waals surface area contributed by atoms with Crippen LogP contribution in [0.15, 0.2) is 30.7 Å². The van der Waals surface area contributed by atoms with Gasteiger partial charge in [-0.1, -0.05) is 6.07 Å². The number of pyridine rings is 1. The zero-order valence-corrected chi connectivity index (χ0v) is 15.6. The lowest BCUT2D eigenvalue weighted by atomic mass is 10.2. The van der Waals surface area contributed by atoms with E-state index >= 15 is 0 Å². The number of carbonyl (C=O) groups is 1. The van der Waals surface area contributed by atoms with Crippen molar-refractivity contribution >= 4 is 17.4 Å². The molecule has 1 N–H and O–H groups in total. The highest BCUT2D eigenvalue weighted by Crippen LogP contribution is 2.21. The number of aryl methyl sites for hydroxylation is 1. The summed E-state index contributed by atoms with van der Waals surface area (Å²) in [6.45, 7) is 2.79. The van der Waals surface area contributed by atoms with Crippen LogP contribution in [-0.4, -0.2) is 60.6 Å². The summed E-state index contributed by atoms with van der Waals surface area (Å²) in [7, 11) is 5.53. The minimum absolute atomic E-state index is 0.0990. The van der Waals surface area contributed by atoms with Crippen molar-refractivity contribution in [1.82, 2.24) is 20.1 Å². The molecule has 0 aliphatic carbocycles. The molecule has 0 spiro atoms. The number of anilines is 2. The number of carbonyl (C=O) groups excluding carboxylic acids is 1. The molecule has 140 valence electrons. The third-order valence-corrected chi connectivity index (χ3v) is 4.59. The van der Waals surface area contributed by atoms with Crippen LogP contribution in [0, 0.1) is 0 Å². The Balaban J connectivity index is 1.52. The molecule has 1 fully saturated rings. The molecule has 3 heterocycles. The van der Waals surface area contributed by atoms with Gasteiger partial charge < -0.3 is 19.9 Å². The van der Waals surface area contributed by atoms with Crippen molar-refractivity contribution < 1.29 is 9.53 Å². The summed E-state index contributed by atoms with van der Waals surface area (Å²) < 4.78 is 6.79.